The lowest BCUT2D eigenvalue weighted by atomic mass is 10.1. The lowest BCUT2D eigenvalue weighted by molar-refractivity contribution is -0.646. The number of hydrogen-bond acceptors (Lipinski definition) is 1. The molecule has 0 aliphatic carbocycles. The van der Waals surface area contributed by atoms with Crippen LogP contribution in [0, 0.1) is 0 Å². The first kappa shape index (κ1) is 13.1. The molecule has 18 heavy (non-hydrogen) atoms. The maximum Gasteiger partial charge on any atom is 0.137 e. The van der Waals surface area contributed by atoms with Gasteiger partial charge in [0.15, 0.2) is 0 Å². The highest BCUT2D eigenvalue weighted by Gasteiger charge is 2.05. The Morgan fingerprint density at radius 1 is 1.22 bits per heavy atom. The Morgan fingerprint density at radius 2 is 2.06 bits per heavy atom. The minimum absolute atomic E-state index is 0.699. The molecule has 2 rings (SSSR count). The summed E-state index contributed by atoms with van der Waals surface area (Å²) in [7, 11) is 0. The van der Waals surface area contributed by atoms with E-state index in [1.54, 1.807) is 0 Å². The van der Waals surface area contributed by atoms with Gasteiger partial charge in [-0.1, -0.05) is 36.9 Å². The second-order valence-electron chi connectivity index (χ2n) is 4.05. The van der Waals surface area contributed by atoms with E-state index in [0.717, 1.165) is 23.3 Å². The van der Waals surface area contributed by atoms with Crippen LogP contribution in [0.2, 0.25) is 0 Å². The van der Waals surface area contributed by atoms with Crippen molar-refractivity contribution in [2.45, 2.75) is 0 Å². The van der Waals surface area contributed by atoms with Crippen molar-refractivity contribution in [2.75, 3.05) is 19.7 Å². The smallest absolute Gasteiger partial charge is 0.137 e. The molecule has 0 saturated heterocycles. The fourth-order valence-corrected chi connectivity index (χ4v) is 2.42. The third-order valence-corrected chi connectivity index (χ3v) is 3.56. The van der Waals surface area contributed by atoms with E-state index >= 15 is 0 Å². The van der Waals surface area contributed by atoms with Gasteiger partial charge in [-0.05, 0) is 38.8 Å². The van der Waals surface area contributed by atoms with Crippen molar-refractivity contribution in [3.8, 4) is 5.75 Å². The Balaban J connectivity index is 2.05. The van der Waals surface area contributed by atoms with Gasteiger partial charge in [-0.2, -0.15) is 0 Å². The number of ether oxygens (including phenoxy) is 1. The molecule has 0 spiro atoms. The number of fused-ring (bicyclic) bond motifs is 1. The molecule has 0 radical (unpaired) electrons. The van der Waals surface area contributed by atoms with Crippen LogP contribution in [0.1, 0.15) is 0 Å². The number of nitrogens with two attached hydrogens (primary N) is 1. The molecule has 2 aromatic carbocycles. The van der Waals surface area contributed by atoms with Crippen molar-refractivity contribution in [1.82, 2.24) is 0 Å². The van der Waals surface area contributed by atoms with Crippen molar-refractivity contribution in [3.63, 3.8) is 0 Å². The summed E-state index contributed by atoms with van der Waals surface area (Å²) in [5, 5.41) is 4.57. The molecular weight excluding hydrogens is 290 g/mol. The number of hydrogen-bond donors (Lipinski definition) is 1. The predicted octanol–water partition coefficient (Wildman–Crippen LogP) is 2.73. The average molecular weight is 307 g/mol. The van der Waals surface area contributed by atoms with Crippen molar-refractivity contribution >= 4 is 26.7 Å². The first-order valence-electron chi connectivity index (χ1n) is 6.05. The molecule has 2 aromatic rings. The quantitative estimate of drug-likeness (QED) is 0.644. The maximum atomic E-state index is 5.78. The zero-order valence-electron chi connectivity index (χ0n) is 10.2. The molecule has 0 heterocycles. The Morgan fingerprint density at radius 3 is 2.89 bits per heavy atom. The summed E-state index contributed by atoms with van der Waals surface area (Å²) < 4.78 is 6.81. The largest absolute Gasteiger partial charge is 0.487 e. The van der Waals surface area contributed by atoms with Crippen molar-refractivity contribution in [3.05, 3.63) is 53.5 Å². The highest BCUT2D eigenvalue weighted by atomic mass is 79.9. The molecule has 0 aromatic heterocycles. The normalized spacial score (nSPS) is 10.5. The number of rotatable bonds is 6. The average Bonchev–Trinajstić information content (AvgIpc) is 2.41. The molecule has 94 valence electrons. The summed E-state index contributed by atoms with van der Waals surface area (Å²) in [5.74, 6) is 0.903. The Kier molecular flexibility index (Phi) is 4.79. The SMILES string of the molecule is C=CC[NH2+]CCOc1ccc2ccccc2c1Br. The van der Waals surface area contributed by atoms with Gasteiger partial charge in [0.05, 0.1) is 11.0 Å². The molecule has 0 saturated carbocycles. The van der Waals surface area contributed by atoms with Crippen LogP contribution >= 0.6 is 15.9 Å². The fraction of sp³-hybridized carbons (Fsp3) is 0.200. The highest BCUT2D eigenvalue weighted by Crippen LogP contribution is 2.32. The van der Waals surface area contributed by atoms with Crippen LogP contribution in [0.3, 0.4) is 0 Å². The predicted molar refractivity (Wildman–Crippen MR) is 79.0 cm³/mol. The first-order chi connectivity index (χ1) is 8.83. The van der Waals surface area contributed by atoms with E-state index in [9.17, 15) is 0 Å². The molecule has 2 nitrogen and oxygen atoms in total. The summed E-state index contributed by atoms with van der Waals surface area (Å²) in [6, 6.07) is 12.4. The van der Waals surface area contributed by atoms with E-state index in [4.69, 9.17) is 4.74 Å². The Bertz CT molecular complexity index is 539. The van der Waals surface area contributed by atoms with Gasteiger partial charge in [-0.15, -0.1) is 0 Å². The third-order valence-electron chi connectivity index (χ3n) is 2.74. The van der Waals surface area contributed by atoms with Gasteiger partial charge in [0.25, 0.3) is 0 Å². The van der Waals surface area contributed by atoms with Gasteiger partial charge in [-0.25, -0.2) is 0 Å². The van der Waals surface area contributed by atoms with Crippen LogP contribution in [0.4, 0.5) is 0 Å². The van der Waals surface area contributed by atoms with Crippen LogP contribution < -0.4 is 10.1 Å². The van der Waals surface area contributed by atoms with Crippen molar-refractivity contribution in [2.24, 2.45) is 0 Å². The van der Waals surface area contributed by atoms with Crippen LogP contribution in [0.15, 0.2) is 53.5 Å². The van der Waals surface area contributed by atoms with Crippen LogP contribution in [-0.2, 0) is 0 Å². The summed E-state index contributed by atoms with van der Waals surface area (Å²) in [5.41, 5.74) is 0. The van der Waals surface area contributed by atoms with Crippen molar-refractivity contribution < 1.29 is 10.1 Å². The molecular formula is C15H17BrNO+. The minimum Gasteiger partial charge on any atom is -0.487 e. The topological polar surface area (TPSA) is 25.8 Å². The Labute approximate surface area is 116 Å². The molecule has 0 aliphatic heterocycles. The van der Waals surface area contributed by atoms with Gasteiger partial charge in [0.2, 0.25) is 0 Å². The standard InChI is InChI=1S/C15H16BrNO/c1-2-9-17-10-11-18-14-8-7-12-5-3-4-6-13(12)15(14)16/h2-8,17H,1,9-11H2/p+1. The minimum atomic E-state index is 0.699. The molecule has 0 atom stereocenters. The summed E-state index contributed by atoms with van der Waals surface area (Å²) in [6.07, 6.45) is 1.89. The van der Waals surface area contributed by atoms with Gasteiger partial charge >= 0.3 is 0 Å². The second kappa shape index (κ2) is 6.57. The second-order valence-corrected chi connectivity index (χ2v) is 4.84. The van der Waals surface area contributed by atoms with E-state index in [-0.39, 0.29) is 0 Å². The lowest BCUT2D eigenvalue weighted by Gasteiger charge is -2.09. The van der Waals surface area contributed by atoms with Gasteiger partial charge < -0.3 is 10.1 Å². The molecule has 2 N–H and O–H groups in total. The summed E-state index contributed by atoms with van der Waals surface area (Å²) >= 11 is 3.61. The van der Waals surface area contributed by atoms with Gasteiger partial charge in [-0.3, -0.25) is 0 Å². The fourth-order valence-electron chi connectivity index (χ4n) is 1.81. The molecule has 0 unspecified atom stereocenters. The van der Waals surface area contributed by atoms with Crippen LogP contribution in [0.5, 0.6) is 5.75 Å². The third kappa shape index (κ3) is 3.12. The molecule has 3 heteroatoms. The molecule has 0 amide bonds. The van der Waals surface area contributed by atoms with E-state index in [2.05, 4.69) is 46.0 Å². The number of halogens is 1. The Hall–Kier alpha value is -1.32. The zero-order chi connectivity index (χ0) is 12.8. The van der Waals surface area contributed by atoms with Gasteiger partial charge in [0, 0.05) is 0 Å². The number of quaternary nitrogens is 1. The van der Waals surface area contributed by atoms with Crippen LogP contribution in [0.25, 0.3) is 10.8 Å². The van der Waals surface area contributed by atoms with Crippen LogP contribution in [-0.4, -0.2) is 19.7 Å². The van der Waals surface area contributed by atoms with E-state index < -0.39 is 0 Å². The van der Waals surface area contributed by atoms with E-state index in [1.807, 2.05) is 24.3 Å². The molecule has 0 fully saturated rings. The lowest BCUT2D eigenvalue weighted by Crippen LogP contribution is -2.85. The summed E-state index contributed by atoms with van der Waals surface area (Å²) in [6.45, 7) is 6.25. The molecule has 0 bridgehead atoms. The first-order valence-corrected chi connectivity index (χ1v) is 6.85. The highest BCUT2D eigenvalue weighted by molar-refractivity contribution is 9.10. The maximum absolute atomic E-state index is 5.78. The monoisotopic (exact) mass is 306 g/mol. The van der Waals surface area contributed by atoms with E-state index in [0.29, 0.717) is 6.61 Å². The van der Waals surface area contributed by atoms with Crippen molar-refractivity contribution in [1.29, 1.82) is 0 Å². The zero-order valence-corrected chi connectivity index (χ0v) is 11.8. The summed E-state index contributed by atoms with van der Waals surface area (Å²) in [4.78, 5) is 0. The van der Waals surface area contributed by atoms with Gasteiger partial charge in [0.1, 0.15) is 18.9 Å². The van der Waals surface area contributed by atoms with E-state index in [1.165, 1.54) is 10.8 Å². The number of benzene rings is 2. The molecule has 0 aliphatic rings.